The molecular formula is C15H20N4O2. The van der Waals surface area contributed by atoms with Gasteiger partial charge in [-0.15, -0.1) is 0 Å². The summed E-state index contributed by atoms with van der Waals surface area (Å²) in [5.41, 5.74) is 6.33. The van der Waals surface area contributed by atoms with Crippen molar-refractivity contribution in [2.24, 2.45) is 0 Å². The van der Waals surface area contributed by atoms with Gasteiger partial charge in [0.15, 0.2) is 0 Å². The summed E-state index contributed by atoms with van der Waals surface area (Å²) in [6.07, 6.45) is 6.60. The van der Waals surface area contributed by atoms with Crippen molar-refractivity contribution in [3.05, 3.63) is 43.0 Å². The molecule has 0 unspecified atom stereocenters. The molecule has 0 aliphatic rings. The molecule has 1 aromatic heterocycles. The number of nitrogens with zero attached hydrogens (tertiary/aromatic N) is 2. The lowest BCUT2D eigenvalue weighted by Crippen LogP contribution is -2.26. The molecule has 0 atom stereocenters. The maximum Gasteiger partial charge on any atom is 0.223 e. The van der Waals surface area contributed by atoms with Crippen molar-refractivity contribution >= 4 is 11.6 Å². The van der Waals surface area contributed by atoms with Crippen LogP contribution in [-0.4, -0.2) is 28.6 Å². The Labute approximate surface area is 123 Å². The number of amides is 1. The number of nitrogen functional groups attached to an aromatic ring is 1. The zero-order chi connectivity index (χ0) is 14.9. The molecule has 6 nitrogen and oxygen atoms in total. The van der Waals surface area contributed by atoms with Crippen LogP contribution >= 0.6 is 0 Å². The molecule has 2 rings (SSSR count). The first-order valence-electron chi connectivity index (χ1n) is 6.95. The number of carbonyl (C=O) groups excluding carboxylic acids is 1. The average molecular weight is 288 g/mol. The zero-order valence-corrected chi connectivity index (χ0v) is 11.9. The highest BCUT2D eigenvalue weighted by atomic mass is 16.5. The van der Waals surface area contributed by atoms with Crippen molar-refractivity contribution in [1.82, 2.24) is 14.9 Å². The number of carbonyl (C=O) groups is 1. The maximum atomic E-state index is 11.6. The van der Waals surface area contributed by atoms with E-state index >= 15 is 0 Å². The Morgan fingerprint density at radius 2 is 2.24 bits per heavy atom. The van der Waals surface area contributed by atoms with Crippen LogP contribution in [0.2, 0.25) is 0 Å². The average Bonchev–Trinajstić information content (AvgIpc) is 2.99. The number of nitrogens with one attached hydrogen (secondary N) is 1. The lowest BCUT2D eigenvalue weighted by atomic mass is 10.3. The second-order valence-electron chi connectivity index (χ2n) is 4.64. The van der Waals surface area contributed by atoms with Gasteiger partial charge in [-0.1, -0.05) is 12.1 Å². The number of benzene rings is 1. The number of imidazole rings is 1. The van der Waals surface area contributed by atoms with Gasteiger partial charge in [0.05, 0.1) is 25.0 Å². The second kappa shape index (κ2) is 7.94. The molecule has 0 bridgehead atoms. The minimum atomic E-state index is -0.0184. The minimum Gasteiger partial charge on any atom is -0.491 e. The fraction of sp³-hybridized carbons (Fsp3) is 0.333. The van der Waals surface area contributed by atoms with Crippen LogP contribution in [0.5, 0.6) is 5.75 Å². The maximum absolute atomic E-state index is 11.6. The van der Waals surface area contributed by atoms with E-state index < -0.39 is 0 Å². The number of hydrogen-bond acceptors (Lipinski definition) is 4. The Morgan fingerprint density at radius 3 is 3.00 bits per heavy atom. The van der Waals surface area contributed by atoms with Crippen LogP contribution < -0.4 is 15.8 Å². The van der Waals surface area contributed by atoms with Crippen molar-refractivity contribution in [1.29, 1.82) is 0 Å². The Hall–Kier alpha value is -2.50. The van der Waals surface area contributed by atoms with Crippen LogP contribution in [0, 0.1) is 0 Å². The van der Waals surface area contributed by atoms with Gasteiger partial charge >= 0.3 is 0 Å². The molecule has 112 valence electrons. The first kappa shape index (κ1) is 14.9. The smallest absolute Gasteiger partial charge is 0.223 e. The highest BCUT2D eigenvalue weighted by Gasteiger charge is 2.03. The number of nitrogens with two attached hydrogens (primary N) is 1. The summed E-state index contributed by atoms with van der Waals surface area (Å²) in [5.74, 6) is 0.598. The molecule has 2 aromatic rings. The van der Waals surface area contributed by atoms with Crippen LogP contribution in [-0.2, 0) is 11.3 Å². The van der Waals surface area contributed by atoms with Crippen LogP contribution in [0.15, 0.2) is 43.0 Å². The van der Waals surface area contributed by atoms with Gasteiger partial charge in [0.1, 0.15) is 5.75 Å². The largest absolute Gasteiger partial charge is 0.491 e. The van der Waals surface area contributed by atoms with Crippen LogP contribution in [0.4, 0.5) is 5.69 Å². The van der Waals surface area contributed by atoms with Gasteiger partial charge in [0.2, 0.25) is 5.91 Å². The molecule has 0 saturated carbocycles. The number of hydrogen-bond donors (Lipinski definition) is 2. The van der Waals surface area contributed by atoms with Crippen molar-refractivity contribution < 1.29 is 9.53 Å². The van der Waals surface area contributed by atoms with Crippen LogP contribution in [0.1, 0.15) is 12.8 Å². The number of anilines is 1. The standard InChI is InChI=1S/C15H20N4O2/c16-13-4-1-2-5-14(13)21-11-6-15(20)18-7-3-9-19-10-8-17-12-19/h1-2,4-5,8,10,12H,3,6-7,9,11,16H2,(H,18,20). The molecule has 21 heavy (non-hydrogen) atoms. The van der Waals surface area contributed by atoms with E-state index in [1.807, 2.05) is 22.9 Å². The van der Waals surface area contributed by atoms with Gasteiger partial charge in [-0.2, -0.15) is 0 Å². The molecule has 0 aliphatic heterocycles. The number of aromatic nitrogens is 2. The highest BCUT2D eigenvalue weighted by molar-refractivity contribution is 5.75. The third kappa shape index (κ3) is 5.18. The van der Waals surface area contributed by atoms with Gasteiger partial charge in [-0.3, -0.25) is 4.79 Å². The van der Waals surface area contributed by atoms with Crippen molar-refractivity contribution in [3.8, 4) is 5.75 Å². The predicted molar refractivity (Wildman–Crippen MR) is 80.8 cm³/mol. The number of rotatable bonds is 8. The number of aryl methyl sites for hydroxylation is 1. The van der Waals surface area contributed by atoms with E-state index in [4.69, 9.17) is 10.5 Å². The molecule has 0 saturated heterocycles. The van der Waals surface area contributed by atoms with Gasteiger partial charge in [0.25, 0.3) is 0 Å². The minimum absolute atomic E-state index is 0.0184. The molecule has 1 heterocycles. The zero-order valence-electron chi connectivity index (χ0n) is 11.9. The monoisotopic (exact) mass is 288 g/mol. The van der Waals surface area contributed by atoms with Gasteiger partial charge in [-0.05, 0) is 18.6 Å². The molecule has 6 heteroatoms. The topological polar surface area (TPSA) is 82.2 Å². The molecule has 0 radical (unpaired) electrons. The van der Waals surface area contributed by atoms with E-state index in [0.29, 0.717) is 31.0 Å². The van der Waals surface area contributed by atoms with Gasteiger partial charge in [-0.25, -0.2) is 4.98 Å². The summed E-state index contributed by atoms with van der Waals surface area (Å²) >= 11 is 0. The Kier molecular flexibility index (Phi) is 5.63. The summed E-state index contributed by atoms with van der Waals surface area (Å²) in [4.78, 5) is 15.6. The molecule has 0 aliphatic carbocycles. The Bertz CT molecular complexity index is 555. The highest BCUT2D eigenvalue weighted by Crippen LogP contribution is 2.19. The molecule has 1 aromatic carbocycles. The van der Waals surface area contributed by atoms with Crippen LogP contribution in [0.25, 0.3) is 0 Å². The molecule has 3 N–H and O–H groups in total. The van der Waals surface area contributed by atoms with Crippen LogP contribution in [0.3, 0.4) is 0 Å². The van der Waals surface area contributed by atoms with E-state index in [1.54, 1.807) is 24.7 Å². The molecular weight excluding hydrogens is 268 g/mol. The Morgan fingerprint density at radius 1 is 1.38 bits per heavy atom. The summed E-state index contributed by atoms with van der Waals surface area (Å²) in [7, 11) is 0. The third-order valence-electron chi connectivity index (χ3n) is 2.98. The number of ether oxygens (including phenoxy) is 1. The van der Waals surface area contributed by atoms with Crippen molar-refractivity contribution in [2.75, 3.05) is 18.9 Å². The van der Waals surface area contributed by atoms with E-state index in [9.17, 15) is 4.79 Å². The summed E-state index contributed by atoms with van der Waals surface area (Å²) in [6.45, 7) is 1.81. The Balaban J connectivity index is 1.56. The number of para-hydroxylation sites is 2. The van der Waals surface area contributed by atoms with Gasteiger partial charge in [0, 0.05) is 25.5 Å². The summed E-state index contributed by atoms with van der Waals surface area (Å²) in [5, 5.41) is 2.86. The summed E-state index contributed by atoms with van der Waals surface area (Å²) < 4.78 is 7.45. The van der Waals surface area contributed by atoms with E-state index in [-0.39, 0.29) is 5.91 Å². The van der Waals surface area contributed by atoms with Gasteiger partial charge < -0.3 is 20.4 Å². The summed E-state index contributed by atoms with van der Waals surface area (Å²) in [6, 6.07) is 7.25. The second-order valence-corrected chi connectivity index (χ2v) is 4.64. The quantitative estimate of drug-likeness (QED) is 0.569. The lowest BCUT2D eigenvalue weighted by molar-refractivity contribution is -0.121. The lowest BCUT2D eigenvalue weighted by Gasteiger charge is -2.09. The first-order chi connectivity index (χ1) is 10.3. The van der Waals surface area contributed by atoms with Crippen molar-refractivity contribution in [2.45, 2.75) is 19.4 Å². The normalized spacial score (nSPS) is 10.3. The fourth-order valence-corrected chi connectivity index (χ4v) is 1.86. The van der Waals surface area contributed by atoms with E-state index in [1.165, 1.54) is 0 Å². The molecule has 0 fully saturated rings. The first-order valence-corrected chi connectivity index (χ1v) is 6.95. The third-order valence-corrected chi connectivity index (χ3v) is 2.98. The van der Waals surface area contributed by atoms with Crippen molar-refractivity contribution in [3.63, 3.8) is 0 Å². The fourth-order valence-electron chi connectivity index (χ4n) is 1.86. The SMILES string of the molecule is Nc1ccccc1OCCC(=O)NCCCn1ccnc1. The van der Waals surface area contributed by atoms with E-state index in [0.717, 1.165) is 13.0 Å². The molecule has 0 spiro atoms. The predicted octanol–water partition coefficient (Wildman–Crippen LogP) is 1.44. The molecule has 1 amide bonds. The van der Waals surface area contributed by atoms with E-state index in [2.05, 4.69) is 10.3 Å².